The van der Waals surface area contributed by atoms with E-state index in [4.69, 9.17) is 0 Å². The molecule has 0 unspecified atom stereocenters. The molecule has 3 N–H and O–H groups in total. The third-order valence-electron chi connectivity index (χ3n) is 4.11. The first kappa shape index (κ1) is 15.5. The van der Waals surface area contributed by atoms with Gasteiger partial charge in [-0.15, -0.1) is 0 Å². The maximum Gasteiger partial charge on any atom is 0.325 e. The summed E-state index contributed by atoms with van der Waals surface area (Å²) in [6.45, 7) is 3.08. The summed E-state index contributed by atoms with van der Waals surface area (Å²) in [5.74, 6) is -0.402. The molecule has 1 aliphatic rings. The van der Waals surface area contributed by atoms with Crippen LogP contribution in [-0.4, -0.2) is 45.6 Å². The van der Waals surface area contributed by atoms with E-state index in [1.165, 1.54) is 0 Å². The number of aliphatic hydroxyl groups excluding tert-OH is 1. The molecule has 1 saturated heterocycles. The van der Waals surface area contributed by atoms with E-state index in [9.17, 15) is 19.5 Å². The minimum atomic E-state index is -0.681. The molecular formula is C14H21N3O4. The number of aliphatic hydroxyl groups is 1. The Morgan fingerprint density at radius 3 is 2.86 bits per heavy atom. The van der Waals surface area contributed by atoms with Crippen molar-refractivity contribution in [1.82, 2.24) is 14.9 Å². The number of aromatic amines is 2. The van der Waals surface area contributed by atoms with E-state index in [0.29, 0.717) is 13.1 Å². The number of hydrogen-bond donors (Lipinski definition) is 3. The molecule has 1 aromatic rings. The molecule has 1 aromatic heterocycles. The van der Waals surface area contributed by atoms with E-state index in [1.54, 1.807) is 4.90 Å². The highest BCUT2D eigenvalue weighted by Gasteiger charge is 2.36. The number of rotatable bonds is 4. The molecule has 21 heavy (non-hydrogen) atoms. The quantitative estimate of drug-likeness (QED) is 0.731. The third kappa shape index (κ3) is 3.24. The second-order valence-corrected chi connectivity index (χ2v) is 5.72. The maximum absolute atomic E-state index is 12.4. The standard InChI is InChI=1S/C14H21N3O4/c1-2-4-14(9-18)5-3-6-17(8-14)12(20)10-7-15-13(21)16-11(10)19/h7,18H,2-6,8-9H2,1H3,(H2,15,16,19,21)/t14-/m1/s1. The van der Waals surface area contributed by atoms with Gasteiger partial charge in [-0.05, 0) is 19.3 Å². The normalized spacial score (nSPS) is 22.3. The lowest BCUT2D eigenvalue weighted by Crippen LogP contribution is -2.49. The van der Waals surface area contributed by atoms with Crippen LogP contribution < -0.4 is 11.2 Å². The predicted molar refractivity (Wildman–Crippen MR) is 77.2 cm³/mol. The minimum absolute atomic E-state index is 0.0343. The summed E-state index contributed by atoms with van der Waals surface area (Å²) < 4.78 is 0. The van der Waals surface area contributed by atoms with Crippen LogP contribution in [0.2, 0.25) is 0 Å². The Kier molecular flexibility index (Phi) is 4.62. The Morgan fingerprint density at radius 1 is 1.48 bits per heavy atom. The fourth-order valence-corrected chi connectivity index (χ4v) is 3.06. The zero-order valence-corrected chi connectivity index (χ0v) is 12.1. The Morgan fingerprint density at radius 2 is 2.24 bits per heavy atom. The first-order valence-corrected chi connectivity index (χ1v) is 7.23. The van der Waals surface area contributed by atoms with Gasteiger partial charge in [-0.1, -0.05) is 13.3 Å². The fraction of sp³-hybridized carbons (Fsp3) is 0.643. The van der Waals surface area contributed by atoms with Crippen LogP contribution in [0.4, 0.5) is 0 Å². The van der Waals surface area contributed by atoms with Gasteiger partial charge < -0.3 is 15.0 Å². The molecule has 116 valence electrons. The van der Waals surface area contributed by atoms with Gasteiger partial charge in [-0.25, -0.2) is 4.79 Å². The number of carbonyl (C=O) groups excluding carboxylic acids is 1. The number of nitrogens with zero attached hydrogens (tertiary/aromatic N) is 1. The van der Waals surface area contributed by atoms with Crippen molar-refractivity contribution in [1.29, 1.82) is 0 Å². The molecule has 2 rings (SSSR count). The molecule has 0 aliphatic carbocycles. The Bertz CT molecular complexity index is 617. The molecule has 0 spiro atoms. The van der Waals surface area contributed by atoms with Crippen LogP contribution in [0, 0.1) is 5.41 Å². The number of aromatic nitrogens is 2. The van der Waals surface area contributed by atoms with Gasteiger partial charge in [0.05, 0.1) is 6.61 Å². The van der Waals surface area contributed by atoms with Gasteiger partial charge in [0.1, 0.15) is 5.56 Å². The monoisotopic (exact) mass is 295 g/mol. The number of hydrogen-bond acceptors (Lipinski definition) is 4. The lowest BCUT2D eigenvalue weighted by molar-refractivity contribution is 0.0221. The lowest BCUT2D eigenvalue weighted by atomic mass is 9.77. The Balaban J connectivity index is 2.23. The van der Waals surface area contributed by atoms with E-state index in [2.05, 4.69) is 9.97 Å². The van der Waals surface area contributed by atoms with Gasteiger partial charge in [-0.2, -0.15) is 0 Å². The molecule has 0 saturated carbocycles. The topological polar surface area (TPSA) is 106 Å². The van der Waals surface area contributed by atoms with Crippen molar-refractivity contribution >= 4 is 5.91 Å². The molecule has 0 radical (unpaired) electrons. The van der Waals surface area contributed by atoms with Crippen LogP contribution in [0.15, 0.2) is 15.8 Å². The number of likely N-dealkylation sites (tertiary alicyclic amines) is 1. The van der Waals surface area contributed by atoms with E-state index in [0.717, 1.165) is 31.9 Å². The molecule has 1 aliphatic heterocycles. The molecule has 0 aromatic carbocycles. The van der Waals surface area contributed by atoms with E-state index >= 15 is 0 Å². The molecule has 1 fully saturated rings. The van der Waals surface area contributed by atoms with E-state index in [-0.39, 0.29) is 17.6 Å². The average Bonchev–Trinajstić information content (AvgIpc) is 2.47. The summed E-state index contributed by atoms with van der Waals surface area (Å²) in [5, 5.41) is 9.68. The summed E-state index contributed by atoms with van der Waals surface area (Å²) in [7, 11) is 0. The van der Waals surface area contributed by atoms with Crippen molar-refractivity contribution in [2.24, 2.45) is 5.41 Å². The maximum atomic E-state index is 12.4. The number of piperidine rings is 1. The number of carbonyl (C=O) groups is 1. The zero-order valence-electron chi connectivity index (χ0n) is 12.1. The number of nitrogens with one attached hydrogen (secondary N) is 2. The lowest BCUT2D eigenvalue weighted by Gasteiger charge is -2.41. The summed E-state index contributed by atoms with van der Waals surface area (Å²) in [4.78, 5) is 41.1. The van der Waals surface area contributed by atoms with Crippen LogP contribution >= 0.6 is 0 Å². The number of H-pyrrole nitrogens is 2. The molecular weight excluding hydrogens is 274 g/mol. The van der Waals surface area contributed by atoms with Gasteiger partial charge in [0.25, 0.3) is 11.5 Å². The van der Waals surface area contributed by atoms with Crippen molar-refractivity contribution in [2.75, 3.05) is 19.7 Å². The highest BCUT2D eigenvalue weighted by Crippen LogP contribution is 2.34. The van der Waals surface area contributed by atoms with Crippen molar-refractivity contribution in [3.63, 3.8) is 0 Å². The highest BCUT2D eigenvalue weighted by atomic mass is 16.3. The molecule has 7 heteroatoms. The van der Waals surface area contributed by atoms with Gasteiger partial charge in [-0.3, -0.25) is 14.6 Å². The van der Waals surface area contributed by atoms with Crippen molar-refractivity contribution in [3.8, 4) is 0 Å². The summed E-state index contributed by atoms with van der Waals surface area (Å²) in [5.41, 5.74) is -1.66. The van der Waals surface area contributed by atoms with Gasteiger partial charge in [0.2, 0.25) is 0 Å². The van der Waals surface area contributed by atoms with Crippen LogP contribution in [0.5, 0.6) is 0 Å². The smallest absolute Gasteiger partial charge is 0.325 e. The second-order valence-electron chi connectivity index (χ2n) is 5.72. The van der Waals surface area contributed by atoms with E-state index < -0.39 is 17.2 Å². The van der Waals surface area contributed by atoms with Crippen LogP contribution in [0.1, 0.15) is 43.0 Å². The first-order chi connectivity index (χ1) is 10.0. The zero-order chi connectivity index (χ0) is 15.5. The molecule has 0 bridgehead atoms. The summed E-state index contributed by atoms with van der Waals surface area (Å²) in [6, 6.07) is 0. The van der Waals surface area contributed by atoms with E-state index in [1.807, 2.05) is 6.92 Å². The second kappa shape index (κ2) is 6.26. The average molecular weight is 295 g/mol. The largest absolute Gasteiger partial charge is 0.396 e. The SMILES string of the molecule is CCC[C@@]1(CO)CCCN(C(=O)c2c[nH]c(=O)[nH]c2=O)C1. The van der Waals surface area contributed by atoms with Crippen molar-refractivity contribution in [3.05, 3.63) is 32.6 Å². The predicted octanol–water partition coefficient (Wildman–Crippen LogP) is 0.0780. The molecule has 1 amide bonds. The molecule has 2 heterocycles. The van der Waals surface area contributed by atoms with Crippen LogP contribution in [-0.2, 0) is 0 Å². The Labute approximate surface area is 122 Å². The third-order valence-corrected chi connectivity index (χ3v) is 4.11. The first-order valence-electron chi connectivity index (χ1n) is 7.23. The minimum Gasteiger partial charge on any atom is -0.396 e. The number of amides is 1. The van der Waals surface area contributed by atoms with Crippen molar-refractivity contribution < 1.29 is 9.90 Å². The summed E-state index contributed by atoms with van der Waals surface area (Å²) >= 11 is 0. The van der Waals surface area contributed by atoms with Gasteiger partial charge >= 0.3 is 5.69 Å². The fourth-order valence-electron chi connectivity index (χ4n) is 3.06. The Hall–Kier alpha value is -1.89. The summed E-state index contributed by atoms with van der Waals surface area (Å²) in [6.07, 6.45) is 4.60. The van der Waals surface area contributed by atoms with Crippen LogP contribution in [0.25, 0.3) is 0 Å². The van der Waals surface area contributed by atoms with Gasteiger partial charge in [0, 0.05) is 24.7 Å². The van der Waals surface area contributed by atoms with Crippen molar-refractivity contribution in [2.45, 2.75) is 32.6 Å². The molecule has 7 nitrogen and oxygen atoms in total. The molecule has 1 atom stereocenters. The van der Waals surface area contributed by atoms with Crippen LogP contribution in [0.3, 0.4) is 0 Å². The van der Waals surface area contributed by atoms with Gasteiger partial charge in [0.15, 0.2) is 0 Å². The highest BCUT2D eigenvalue weighted by molar-refractivity contribution is 5.93.